The van der Waals surface area contributed by atoms with Crippen LogP contribution in [0.4, 0.5) is 5.69 Å². The predicted molar refractivity (Wildman–Crippen MR) is 99.2 cm³/mol. The van der Waals surface area contributed by atoms with Gasteiger partial charge in [0.1, 0.15) is 11.5 Å². The maximum atomic E-state index is 12.1. The molecule has 2 aromatic carbocycles. The fourth-order valence-corrected chi connectivity index (χ4v) is 3.63. The molecule has 0 bridgehead atoms. The lowest BCUT2D eigenvalue weighted by atomic mass is 10.3. The van der Waals surface area contributed by atoms with E-state index in [0.29, 0.717) is 17.2 Å². The minimum atomic E-state index is -0.0651. The number of hydrogen-bond acceptors (Lipinski definition) is 5. The molecule has 0 unspecified atom stereocenters. The maximum Gasteiger partial charge on any atom is 0.234 e. The molecule has 24 heavy (non-hydrogen) atoms. The van der Waals surface area contributed by atoms with Crippen molar-refractivity contribution in [3.63, 3.8) is 0 Å². The fraction of sp³-hybridized carbons (Fsp3) is 0.111. The van der Waals surface area contributed by atoms with Gasteiger partial charge in [0.2, 0.25) is 5.91 Å². The molecule has 122 valence electrons. The molecule has 0 radical (unpaired) electrons. The van der Waals surface area contributed by atoms with E-state index >= 15 is 0 Å². The molecular weight excluding hydrogens is 340 g/mol. The monoisotopic (exact) mass is 356 g/mol. The molecule has 4 nitrogen and oxygen atoms in total. The Labute approximate surface area is 148 Å². The second kappa shape index (κ2) is 7.99. The SMILES string of the molecule is Cc1csc(SCC(=O)Nc2cccc(Oc3ccccc3)c2)n1. The second-order valence-corrected chi connectivity index (χ2v) is 7.12. The number of carbonyl (C=O) groups excluding carboxylic acids is 1. The molecule has 0 aliphatic carbocycles. The lowest BCUT2D eigenvalue weighted by Crippen LogP contribution is -2.13. The van der Waals surface area contributed by atoms with Crippen molar-refractivity contribution < 1.29 is 9.53 Å². The molecule has 0 aliphatic heterocycles. The number of rotatable bonds is 6. The summed E-state index contributed by atoms with van der Waals surface area (Å²) in [6.07, 6.45) is 0. The van der Waals surface area contributed by atoms with Crippen LogP contribution in [-0.2, 0) is 4.79 Å². The topological polar surface area (TPSA) is 51.2 Å². The average Bonchev–Trinajstić information content (AvgIpc) is 3.00. The van der Waals surface area contributed by atoms with Crippen LogP contribution in [0, 0.1) is 6.92 Å². The van der Waals surface area contributed by atoms with Crippen LogP contribution in [0.25, 0.3) is 0 Å². The number of nitrogens with one attached hydrogen (secondary N) is 1. The largest absolute Gasteiger partial charge is 0.457 e. The molecule has 3 aromatic rings. The summed E-state index contributed by atoms with van der Waals surface area (Å²) in [4.78, 5) is 16.4. The van der Waals surface area contributed by atoms with Gasteiger partial charge in [-0.05, 0) is 31.2 Å². The number of carbonyl (C=O) groups is 1. The van der Waals surface area contributed by atoms with Crippen molar-refractivity contribution in [3.05, 3.63) is 65.7 Å². The van der Waals surface area contributed by atoms with Gasteiger partial charge >= 0.3 is 0 Å². The van der Waals surface area contributed by atoms with Gasteiger partial charge in [0, 0.05) is 22.8 Å². The number of amides is 1. The number of hydrogen-bond donors (Lipinski definition) is 1. The molecule has 6 heteroatoms. The van der Waals surface area contributed by atoms with E-state index in [1.807, 2.05) is 66.9 Å². The van der Waals surface area contributed by atoms with Crippen LogP contribution in [0.3, 0.4) is 0 Å². The first-order valence-electron chi connectivity index (χ1n) is 7.37. The quantitative estimate of drug-likeness (QED) is 0.633. The Bertz CT molecular complexity index is 819. The van der Waals surface area contributed by atoms with Gasteiger partial charge in [0.25, 0.3) is 0 Å². The van der Waals surface area contributed by atoms with Gasteiger partial charge in [-0.25, -0.2) is 4.98 Å². The van der Waals surface area contributed by atoms with Crippen LogP contribution < -0.4 is 10.1 Å². The summed E-state index contributed by atoms with van der Waals surface area (Å²) in [6.45, 7) is 1.94. The molecule has 3 rings (SSSR count). The number of benzene rings is 2. The number of thiazole rings is 1. The maximum absolute atomic E-state index is 12.1. The van der Waals surface area contributed by atoms with Crippen molar-refractivity contribution in [3.8, 4) is 11.5 Å². The lowest BCUT2D eigenvalue weighted by Gasteiger charge is -2.08. The molecule has 0 spiro atoms. The van der Waals surface area contributed by atoms with E-state index in [4.69, 9.17) is 4.74 Å². The first-order chi connectivity index (χ1) is 11.7. The van der Waals surface area contributed by atoms with Crippen LogP contribution in [0.1, 0.15) is 5.69 Å². The Kier molecular flexibility index (Phi) is 5.51. The van der Waals surface area contributed by atoms with E-state index in [1.54, 1.807) is 11.3 Å². The summed E-state index contributed by atoms with van der Waals surface area (Å²) in [5, 5.41) is 4.86. The number of para-hydroxylation sites is 1. The van der Waals surface area contributed by atoms with Crippen LogP contribution in [0.5, 0.6) is 11.5 Å². The fourth-order valence-electron chi connectivity index (χ4n) is 1.98. The molecule has 1 heterocycles. The normalized spacial score (nSPS) is 10.4. The van der Waals surface area contributed by atoms with Crippen LogP contribution in [0.2, 0.25) is 0 Å². The summed E-state index contributed by atoms with van der Waals surface area (Å²) in [6, 6.07) is 16.9. The Balaban J connectivity index is 1.56. The highest BCUT2D eigenvalue weighted by atomic mass is 32.2. The first kappa shape index (κ1) is 16.5. The summed E-state index contributed by atoms with van der Waals surface area (Å²) in [5.74, 6) is 1.71. The van der Waals surface area contributed by atoms with Crippen LogP contribution in [0.15, 0.2) is 64.3 Å². The lowest BCUT2D eigenvalue weighted by molar-refractivity contribution is -0.113. The highest BCUT2D eigenvalue weighted by molar-refractivity contribution is 8.01. The third-order valence-electron chi connectivity index (χ3n) is 3.02. The number of anilines is 1. The van der Waals surface area contributed by atoms with Crippen LogP contribution in [-0.4, -0.2) is 16.6 Å². The van der Waals surface area contributed by atoms with Crippen molar-refractivity contribution in [2.24, 2.45) is 0 Å². The van der Waals surface area contributed by atoms with Gasteiger partial charge in [0.15, 0.2) is 4.34 Å². The predicted octanol–water partition coefficient (Wildman–Crippen LogP) is 4.97. The van der Waals surface area contributed by atoms with Gasteiger partial charge in [0.05, 0.1) is 5.75 Å². The summed E-state index contributed by atoms with van der Waals surface area (Å²) >= 11 is 2.99. The van der Waals surface area contributed by atoms with Gasteiger partial charge in [-0.3, -0.25) is 4.79 Å². The van der Waals surface area contributed by atoms with Gasteiger partial charge in [-0.1, -0.05) is 36.0 Å². The van der Waals surface area contributed by atoms with Gasteiger partial charge in [-0.2, -0.15) is 0 Å². The smallest absolute Gasteiger partial charge is 0.234 e. The average molecular weight is 356 g/mol. The summed E-state index contributed by atoms with van der Waals surface area (Å²) in [5.41, 5.74) is 1.69. The Morgan fingerprint density at radius 3 is 2.71 bits per heavy atom. The molecule has 1 N–H and O–H groups in total. The molecule has 1 aromatic heterocycles. The zero-order chi connectivity index (χ0) is 16.8. The van der Waals surface area contributed by atoms with Crippen molar-refractivity contribution in [1.82, 2.24) is 4.98 Å². The highest BCUT2D eigenvalue weighted by Crippen LogP contribution is 2.25. The van der Waals surface area contributed by atoms with Gasteiger partial charge < -0.3 is 10.1 Å². The number of ether oxygens (including phenoxy) is 1. The zero-order valence-electron chi connectivity index (χ0n) is 13.1. The minimum absolute atomic E-state index is 0.0651. The van der Waals surface area contributed by atoms with Gasteiger partial charge in [-0.15, -0.1) is 11.3 Å². The number of aromatic nitrogens is 1. The molecule has 0 saturated carbocycles. The summed E-state index contributed by atoms with van der Waals surface area (Å²) < 4.78 is 6.67. The van der Waals surface area contributed by atoms with Crippen molar-refractivity contribution in [2.45, 2.75) is 11.3 Å². The van der Waals surface area contributed by atoms with E-state index in [-0.39, 0.29) is 5.91 Å². The van der Waals surface area contributed by atoms with Crippen molar-refractivity contribution in [2.75, 3.05) is 11.1 Å². The van der Waals surface area contributed by atoms with E-state index in [9.17, 15) is 4.79 Å². The third kappa shape index (κ3) is 4.84. The molecular formula is C18H16N2O2S2. The number of aryl methyl sites for hydroxylation is 1. The molecule has 0 atom stereocenters. The zero-order valence-corrected chi connectivity index (χ0v) is 14.7. The molecule has 1 amide bonds. The van der Waals surface area contributed by atoms with E-state index in [2.05, 4.69) is 10.3 Å². The first-order valence-corrected chi connectivity index (χ1v) is 9.23. The third-order valence-corrected chi connectivity index (χ3v) is 5.16. The Hall–Kier alpha value is -2.31. The van der Waals surface area contributed by atoms with E-state index < -0.39 is 0 Å². The van der Waals surface area contributed by atoms with Crippen LogP contribution >= 0.6 is 23.1 Å². The summed E-state index contributed by atoms with van der Waals surface area (Å²) in [7, 11) is 0. The Morgan fingerprint density at radius 2 is 1.96 bits per heavy atom. The number of nitrogens with zero attached hydrogens (tertiary/aromatic N) is 1. The Morgan fingerprint density at radius 1 is 1.17 bits per heavy atom. The molecule has 0 aliphatic rings. The molecule has 0 saturated heterocycles. The van der Waals surface area contributed by atoms with Crippen molar-refractivity contribution in [1.29, 1.82) is 0 Å². The molecule has 0 fully saturated rings. The minimum Gasteiger partial charge on any atom is -0.457 e. The van der Waals surface area contributed by atoms with Crippen molar-refractivity contribution >= 4 is 34.7 Å². The standard InChI is InChI=1S/C18H16N2O2S2/c1-13-11-23-18(19-13)24-12-17(21)20-14-6-5-9-16(10-14)22-15-7-3-2-4-8-15/h2-11H,12H2,1H3,(H,20,21). The van der Waals surface area contributed by atoms with E-state index in [1.165, 1.54) is 11.8 Å². The highest BCUT2D eigenvalue weighted by Gasteiger charge is 2.07. The second-order valence-electron chi connectivity index (χ2n) is 5.03. The van der Waals surface area contributed by atoms with E-state index in [0.717, 1.165) is 15.8 Å². The number of thioether (sulfide) groups is 1.